The summed E-state index contributed by atoms with van der Waals surface area (Å²) in [7, 11) is -3.94. The lowest BCUT2D eigenvalue weighted by molar-refractivity contribution is -0.138. The minimum absolute atomic E-state index is 0.00275. The van der Waals surface area contributed by atoms with Crippen molar-refractivity contribution in [2.45, 2.75) is 17.4 Å². The lowest BCUT2D eigenvalue weighted by Gasteiger charge is -2.15. The van der Waals surface area contributed by atoms with E-state index in [4.69, 9.17) is 5.26 Å². The van der Waals surface area contributed by atoms with E-state index in [-0.39, 0.29) is 11.3 Å². The third-order valence-corrected chi connectivity index (χ3v) is 4.63. The molecule has 0 heterocycles. The van der Waals surface area contributed by atoms with E-state index in [0.717, 1.165) is 0 Å². The number of carboxylic acids is 1. The fraction of sp³-hybridized carbons (Fsp3) is 0.125. The van der Waals surface area contributed by atoms with Gasteiger partial charge in [-0.3, -0.25) is 4.79 Å². The van der Waals surface area contributed by atoms with E-state index in [1.807, 2.05) is 6.07 Å². The number of aliphatic carboxylic acids is 1. The quantitative estimate of drug-likeness (QED) is 0.835. The summed E-state index contributed by atoms with van der Waals surface area (Å²) in [6.45, 7) is 0. The number of carboxylic acid groups (broad SMARTS) is 1. The molecule has 0 aliphatic heterocycles. The van der Waals surface area contributed by atoms with Crippen molar-refractivity contribution in [3.63, 3.8) is 0 Å². The van der Waals surface area contributed by atoms with E-state index in [0.29, 0.717) is 11.1 Å². The molecule has 2 aromatic carbocycles. The molecule has 0 amide bonds. The fourth-order valence-electron chi connectivity index (χ4n) is 2.04. The molecule has 23 heavy (non-hydrogen) atoms. The van der Waals surface area contributed by atoms with Crippen LogP contribution in [0.1, 0.15) is 11.1 Å². The van der Waals surface area contributed by atoms with Crippen molar-refractivity contribution in [1.29, 1.82) is 5.26 Å². The van der Waals surface area contributed by atoms with E-state index >= 15 is 0 Å². The second-order valence-corrected chi connectivity index (χ2v) is 6.56. The van der Waals surface area contributed by atoms with Crippen LogP contribution in [-0.2, 0) is 21.2 Å². The molecule has 0 saturated heterocycles. The first kappa shape index (κ1) is 16.7. The second-order valence-electron chi connectivity index (χ2n) is 4.84. The van der Waals surface area contributed by atoms with Crippen LogP contribution in [0.2, 0.25) is 0 Å². The Balaban J connectivity index is 2.23. The number of hydrogen-bond acceptors (Lipinski definition) is 4. The SMILES string of the molecule is N#Cc1cccc(C[C@H](NS(=O)(=O)c2ccccc2)C(=O)O)c1. The smallest absolute Gasteiger partial charge is 0.322 e. The molecule has 7 heteroatoms. The molecule has 1 atom stereocenters. The van der Waals surface area contributed by atoms with Gasteiger partial charge in [0.05, 0.1) is 16.5 Å². The van der Waals surface area contributed by atoms with Gasteiger partial charge in [0.25, 0.3) is 0 Å². The van der Waals surface area contributed by atoms with Crippen molar-refractivity contribution in [1.82, 2.24) is 4.72 Å². The number of rotatable bonds is 6. The highest BCUT2D eigenvalue weighted by Gasteiger charge is 2.25. The summed E-state index contributed by atoms with van der Waals surface area (Å²) in [5, 5.41) is 18.1. The normalized spacial score (nSPS) is 12.3. The summed E-state index contributed by atoms with van der Waals surface area (Å²) >= 11 is 0. The highest BCUT2D eigenvalue weighted by molar-refractivity contribution is 7.89. The Morgan fingerprint density at radius 3 is 2.48 bits per heavy atom. The Hall–Kier alpha value is -2.69. The van der Waals surface area contributed by atoms with Crippen LogP contribution >= 0.6 is 0 Å². The molecule has 0 unspecified atom stereocenters. The first-order valence-electron chi connectivity index (χ1n) is 6.71. The van der Waals surface area contributed by atoms with Crippen molar-refractivity contribution in [3.05, 3.63) is 65.7 Å². The monoisotopic (exact) mass is 330 g/mol. The molecule has 2 N–H and O–H groups in total. The first-order valence-corrected chi connectivity index (χ1v) is 8.20. The van der Waals surface area contributed by atoms with Crippen molar-refractivity contribution < 1.29 is 18.3 Å². The van der Waals surface area contributed by atoms with Gasteiger partial charge in [0.2, 0.25) is 10.0 Å². The fourth-order valence-corrected chi connectivity index (χ4v) is 3.25. The van der Waals surface area contributed by atoms with Gasteiger partial charge in [-0.1, -0.05) is 30.3 Å². The van der Waals surface area contributed by atoms with Gasteiger partial charge in [-0.2, -0.15) is 9.98 Å². The molecule has 6 nitrogen and oxygen atoms in total. The van der Waals surface area contributed by atoms with Gasteiger partial charge in [-0.25, -0.2) is 8.42 Å². The van der Waals surface area contributed by atoms with E-state index in [2.05, 4.69) is 4.72 Å². The van der Waals surface area contributed by atoms with Crippen LogP contribution in [0.3, 0.4) is 0 Å². The summed E-state index contributed by atoms with van der Waals surface area (Å²) in [5.41, 5.74) is 0.949. The predicted octanol–water partition coefficient (Wildman–Crippen LogP) is 1.53. The third-order valence-electron chi connectivity index (χ3n) is 3.14. The molecule has 0 aromatic heterocycles. The molecule has 118 valence electrons. The average Bonchev–Trinajstić information content (AvgIpc) is 2.55. The second kappa shape index (κ2) is 7.05. The first-order chi connectivity index (χ1) is 10.9. The van der Waals surface area contributed by atoms with Crippen LogP contribution in [0, 0.1) is 11.3 Å². The van der Waals surface area contributed by atoms with Gasteiger partial charge in [0.15, 0.2) is 0 Å². The molecule has 0 aliphatic carbocycles. The van der Waals surface area contributed by atoms with E-state index in [1.165, 1.54) is 18.2 Å². The maximum atomic E-state index is 12.2. The number of carbonyl (C=O) groups is 1. The summed E-state index contributed by atoms with van der Waals surface area (Å²) < 4.78 is 26.7. The predicted molar refractivity (Wildman–Crippen MR) is 83.0 cm³/mol. The summed E-state index contributed by atoms with van der Waals surface area (Å²) in [6, 6.07) is 14.6. The van der Waals surface area contributed by atoms with E-state index in [1.54, 1.807) is 36.4 Å². The zero-order valence-electron chi connectivity index (χ0n) is 12.0. The zero-order chi connectivity index (χ0) is 16.9. The highest BCUT2D eigenvalue weighted by atomic mass is 32.2. The standard InChI is InChI=1S/C16H14N2O4S/c17-11-13-6-4-5-12(9-13)10-15(16(19)20)18-23(21,22)14-7-2-1-3-8-14/h1-9,15,18H,10H2,(H,19,20)/t15-/m0/s1. The number of nitrogens with zero attached hydrogens (tertiary/aromatic N) is 1. The van der Waals surface area contributed by atoms with Crippen LogP contribution in [0.15, 0.2) is 59.5 Å². The summed E-state index contributed by atoms with van der Waals surface area (Å²) in [4.78, 5) is 11.4. The largest absolute Gasteiger partial charge is 0.480 e. The van der Waals surface area contributed by atoms with Crippen LogP contribution < -0.4 is 4.72 Å². The van der Waals surface area contributed by atoms with Crippen molar-refractivity contribution in [2.75, 3.05) is 0 Å². The number of nitriles is 1. The Morgan fingerprint density at radius 1 is 1.17 bits per heavy atom. The highest BCUT2D eigenvalue weighted by Crippen LogP contribution is 2.12. The lowest BCUT2D eigenvalue weighted by Crippen LogP contribution is -2.42. The topological polar surface area (TPSA) is 107 Å². The number of sulfonamides is 1. The van der Waals surface area contributed by atoms with Crippen LogP contribution in [0.25, 0.3) is 0 Å². The molecule has 0 radical (unpaired) electrons. The maximum absolute atomic E-state index is 12.2. The minimum Gasteiger partial charge on any atom is -0.480 e. The summed E-state index contributed by atoms with van der Waals surface area (Å²) in [6.07, 6.45) is -0.0586. The van der Waals surface area contributed by atoms with Gasteiger partial charge in [0, 0.05) is 0 Å². The Bertz CT molecular complexity index is 842. The van der Waals surface area contributed by atoms with Gasteiger partial charge in [-0.15, -0.1) is 0 Å². The lowest BCUT2D eigenvalue weighted by atomic mass is 10.0. The Labute approximate surface area is 134 Å². The molecule has 0 fully saturated rings. The van der Waals surface area contributed by atoms with Gasteiger partial charge in [-0.05, 0) is 36.2 Å². The molecule has 0 spiro atoms. The third kappa shape index (κ3) is 4.39. The average molecular weight is 330 g/mol. The maximum Gasteiger partial charge on any atom is 0.322 e. The number of hydrogen-bond donors (Lipinski definition) is 2. The van der Waals surface area contributed by atoms with Crippen molar-refractivity contribution in [2.24, 2.45) is 0 Å². The van der Waals surface area contributed by atoms with Crippen molar-refractivity contribution >= 4 is 16.0 Å². The Kier molecular flexibility index (Phi) is 5.11. The molecular formula is C16H14N2O4S. The van der Waals surface area contributed by atoms with Gasteiger partial charge >= 0.3 is 5.97 Å². The van der Waals surface area contributed by atoms with Crippen molar-refractivity contribution in [3.8, 4) is 6.07 Å². The molecular weight excluding hydrogens is 316 g/mol. The van der Waals surface area contributed by atoms with Gasteiger partial charge in [0.1, 0.15) is 6.04 Å². The minimum atomic E-state index is -3.94. The number of benzene rings is 2. The van der Waals surface area contributed by atoms with E-state index in [9.17, 15) is 18.3 Å². The molecule has 0 saturated carbocycles. The molecule has 2 aromatic rings. The molecule has 2 rings (SSSR count). The van der Waals surface area contributed by atoms with Gasteiger partial charge < -0.3 is 5.11 Å². The molecule has 0 aliphatic rings. The Morgan fingerprint density at radius 2 is 1.87 bits per heavy atom. The van der Waals surface area contributed by atoms with Crippen LogP contribution in [-0.4, -0.2) is 25.5 Å². The van der Waals surface area contributed by atoms with E-state index < -0.39 is 22.0 Å². The zero-order valence-corrected chi connectivity index (χ0v) is 12.8. The van der Waals surface area contributed by atoms with Crippen LogP contribution in [0.5, 0.6) is 0 Å². The summed E-state index contributed by atoms with van der Waals surface area (Å²) in [5.74, 6) is -1.29. The molecule has 0 bridgehead atoms. The van der Waals surface area contributed by atoms with Crippen LogP contribution in [0.4, 0.5) is 0 Å². The number of nitrogens with one attached hydrogen (secondary N) is 1.